The van der Waals surface area contributed by atoms with E-state index in [1.165, 1.54) is 12.1 Å². The molecule has 0 saturated carbocycles. The average Bonchev–Trinajstić information content (AvgIpc) is 2.94. The van der Waals surface area contributed by atoms with Crippen molar-refractivity contribution in [3.63, 3.8) is 0 Å². The quantitative estimate of drug-likeness (QED) is 0.907. The minimum Gasteiger partial charge on any atom is -0.386 e. The van der Waals surface area contributed by atoms with Crippen molar-refractivity contribution in [1.82, 2.24) is 4.90 Å². The van der Waals surface area contributed by atoms with Gasteiger partial charge in [0.05, 0.1) is 6.10 Å². The van der Waals surface area contributed by atoms with Crippen LogP contribution in [0, 0.1) is 11.6 Å². The Kier molecular flexibility index (Phi) is 4.21. The molecule has 0 aromatic heterocycles. The van der Waals surface area contributed by atoms with Gasteiger partial charge in [0, 0.05) is 11.1 Å². The predicted molar refractivity (Wildman–Crippen MR) is 70.8 cm³/mol. The number of benzene rings is 1. The lowest BCUT2D eigenvalue weighted by Crippen LogP contribution is -2.49. The third-order valence-electron chi connectivity index (χ3n) is 4.41. The molecule has 2 nitrogen and oxygen atoms in total. The van der Waals surface area contributed by atoms with Gasteiger partial charge in [0.15, 0.2) is 11.6 Å². The molecule has 0 spiro atoms. The van der Waals surface area contributed by atoms with E-state index in [9.17, 15) is 13.9 Å². The summed E-state index contributed by atoms with van der Waals surface area (Å²) in [6.45, 7) is 5.70. The Morgan fingerprint density at radius 1 is 1.32 bits per heavy atom. The maximum Gasteiger partial charge on any atom is 0.164 e. The molecule has 4 heteroatoms. The van der Waals surface area contributed by atoms with E-state index in [0.717, 1.165) is 32.0 Å². The molecule has 1 fully saturated rings. The van der Waals surface area contributed by atoms with Crippen LogP contribution in [0.25, 0.3) is 0 Å². The molecule has 0 bridgehead atoms. The highest BCUT2D eigenvalue weighted by atomic mass is 19.2. The molecular formula is C15H21F2NO. The highest BCUT2D eigenvalue weighted by molar-refractivity contribution is 5.24. The Labute approximate surface area is 113 Å². The van der Waals surface area contributed by atoms with Crippen molar-refractivity contribution >= 4 is 0 Å². The molecule has 2 rings (SSSR count). The van der Waals surface area contributed by atoms with Crippen LogP contribution in [0.15, 0.2) is 18.2 Å². The summed E-state index contributed by atoms with van der Waals surface area (Å²) < 4.78 is 27.2. The van der Waals surface area contributed by atoms with Gasteiger partial charge in [-0.2, -0.15) is 0 Å². The first-order valence-electron chi connectivity index (χ1n) is 6.87. The zero-order chi connectivity index (χ0) is 14.0. The fourth-order valence-corrected chi connectivity index (χ4v) is 2.88. The molecule has 1 saturated heterocycles. The van der Waals surface area contributed by atoms with Gasteiger partial charge in [0.25, 0.3) is 0 Å². The number of halogens is 2. The first-order valence-corrected chi connectivity index (χ1v) is 6.87. The second kappa shape index (κ2) is 5.55. The zero-order valence-electron chi connectivity index (χ0n) is 11.5. The van der Waals surface area contributed by atoms with E-state index in [0.29, 0.717) is 6.42 Å². The first kappa shape index (κ1) is 14.4. The summed E-state index contributed by atoms with van der Waals surface area (Å²) in [4.78, 5) is 2.18. The summed E-state index contributed by atoms with van der Waals surface area (Å²) in [6, 6.07) is 3.98. The Balaban J connectivity index is 2.34. The number of hydrogen-bond donors (Lipinski definition) is 1. The van der Waals surface area contributed by atoms with Gasteiger partial charge in [-0.1, -0.05) is 19.1 Å². The number of rotatable bonds is 4. The lowest BCUT2D eigenvalue weighted by atomic mass is 9.85. The Morgan fingerprint density at radius 2 is 1.95 bits per heavy atom. The van der Waals surface area contributed by atoms with Crippen molar-refractivity contribution in [3.8, 4) is 0 Å². The van der Waals surface area contributed by atoms with E-state index >= 15 is 0 Å². The van der Waals surface area contributed by atoms with Gasteiger partial charge in [0.1, 0.15) is 0 Å². The molecule has 106 valence electrons. The van der Waals surface area contributed by atoms with Gasteiger partial charge >= 0.3 is 0 Å². The topological polar surface area (TPSA) is 23.5 Å². The lowest BCUT2D eigenvalue weighted by Gasteiger charge is -2.42. The van der Waals surface area contributed by atoms with E-state index in [-0.39, 0.29) is 5.56 Å². The minimum absolute atomic E-state index is 0.0521. The molecular weight excluding hydrogens is 248 g/mol. The number of nitrogens with zero attached hydrogens (tertiary/aromatic N) is 1. The predicted octanol–water partition coefficient (Wildman–Crippen LogP) is 3.26. The van der Waals surface area contributed by atoms with Crippen molar-refractivity contribution in [2.75, 3.05) is 13.1 Å². The molecule has 2 unspecified atom stereocenters. The van der Waals surface area contributed by atoms with Gasteiger partial charge in [0.2, 0.25) is 0 Å². The second-order valence-corrected chi connectivity index (χ2v) is 5.45. The molecule has 1 aromatic carbocycles. The molecule has 1 aliphatic rings. The molecule has 1 aliphatic heterocycles. The highest BCUT2D eigenvalue weighted by Crippen LogP contribution is 2.37. The number of likely N-dealkylation sites (tertiary alicyclic amines) is 1. The standard InChI is InChI=1S/C15H21F2NO/c1-3-15(2,18-9-4-5-10-18)14(19)11-7-6-8-12(16)13(11)17/h6-8,14,19H,3-5,9-10H2,1-2H3. The van der Waals surface area contributed by atoms with E-state index in [4.69, 9.17) is 0 Å². The summed E-state index contributed by atoms with van der Waals surface area (Å²) >= 11 is 0. The van der Waals surface area contributed by atoms with Gasteiger partial charge in [-0.15, -0.1) is 0 Å². The molecule has 1 aromatic rings. The third-order valence-corrected chi connectivity index (χ3v) is 4.41. The number of aliphatic hydroxyl groups is 1. The fourth-order valence-electron chi connectivity index (χ4n) is 2.88. The van der Waals surface area contributed by atoms with Gasteiger partial charge in [-0.05, 0) is 45.3 Å². The normalized spacial score (nSPS) is 21.3. The highest BCUT2D eigenvalue weighted by Gasteiger charge is 2.40. The van der Waals surface area contributed by atoms with Crippen LogP contribution in [0.1, 0.15) is 44.8 Å². The van der Waals surface area contributed by atoms with Crippen LogP contribution in [-0.4, -0.2) is 28.6 Å². The summed E-state index contributed by atoms with van der Waals surface area (Å²) in [5.41, 5.74) is -0.498. The molecule has 1 heterocycles. The fraction of sp³-hybridized carbons (Fsp3) is 0.600. The van der Waals surface area contributed by atoms with Crippen LogP contribution >= 0.6 is 0 Å². The van der Waals surface area contributed by atoms with Crippen molar-refractivity contribution < 1.29 is 13.9 Å². The van der Waals surface area contributed by atoms with E-state index in [1.807, 2.05) is 13.8 Å². The van der Waals surface area contributed by atoms with E-state index in [2.05, 4.69) is 4.90 Å². The van der Waals surface area contributed by atoms with Crippen molar-refractivity contribution in [3.05, 3.63) is 35.4 Å². The first-order chi connectivity index (χ1) is 9.00. The van der Waals surface area contributed by atoms with Gasteiger partial charge in [-0.25, -0.2) is 8.78 Å². The largest absolute Gasteiger partial charge is 0.386 e. The van der Waals surface area contributed by atoms with Crippen molar-refractivity contribution in [1.29, 1.82) is 0 Å². The van der Waals surface area contributed by atoms with Crippen LogP contribution in [0.5, 0.6) is 0 Å². The number of aliphatic hydroxyl groups excluding tert-OH is 1. The third kappa shape index (κ3) is 2.51. The molecule has 19 heavy (non-hydrogen) atoms. The van der Waals surface area contributed by atoms with Gasteiger partial charge < -0.3 is 5.11 Å². The zero-order valence-corrected chi connectivity index (χ0v) is 11.5. The Hall–Kier alpha value is -1.00. The second-order valence-electron chi connectivity index (χ2n) is 5.45. The Bertz CT molecular complexity index is 446. The Morgan fingerprint density at radius 3 is 2.53 bits per heavy atom. The molecule has 2 atom stereocenters. The molecule has 0 aliphatic carbocycles. The van der Waals surface area contributed by atoms with E-state index < -0.39 is 23.3 Å². The molecule has 0 radical (unpaired) electrons. The van der Waals surface area contributed by atoms with Crippen LogP contribution < -0.4 is 0 Å². The van der Waals surface area contributed by atoms with Gasteiger partial charge in [-0.3, -0.25) is 4.90 Å². The maximum absolute atomic E-state index is 13.9. The summed E-state index contributed by atoms with van der Waals surface area (Å²) in [7, 11) is 0. The van der Waals surface area contributed by atoms with Crippen LogP contribution in [0.4, 0.5) is 8.78 Å². The van der Waals surface area contributed by atoms with Crippen LogP contribution in [0.2, 0.25) is 0 Å². The number of hydrogen-bond acceptors (Lipinski definition) is 2. The smallest absolute Gasteiger partial charge is 0.164 e. The molecule has 1 N–H and O–H groups in total. The van der Waals surface area contributed by atoms with Crippen LogP contribution in [-0.2, 0) is 0 Å². The lowest BCUT2D eigenvalue weighted by molar-refractivity contribution is -0.0161. The monoisotopic (exact) mass is 269 g/mol. The average molecular weight is 269 g/mol. The SMILES string of the molecule is CCC(C)(C(O)c1cccc(F)c1F)N1CCCC1. The molecule has 0 amide bonds. The minimum atomic E-state index is -1.02. The maximum atomic E-state index is 13.9. The summed E-state index contributed by atoms with van der Waals surface area (Å²) in [5, 5.41) is 10.6. The summed E-state index contributed by atoms with van der Waals surface area (Å²) in [5.74, 6) is -1.84. The van der Waals surface area contributed by atoms with Crippen molar-refractivity contribution in [2.45, 2.75) is 44.8 Å². The van der Waals surface area contributed by atoms with E-state index in [1.54, 1.807) is 0 Å². The summed E-state index contributed by atoms with van der Waals surface area (Å²) in [6.07, 6.45) is 1.85. The van der Waals surface area contributed by atoms with Crippen molar-refractivity contribution in [2.24, 2.45) is 0 Å². The van der Waals surface area contributed by atoms with Crippen LogP contribution in [0.3, 0.4) is 0 Å².